The van der Waals surface area contributed by atoms with E-state index in [4.69, 9.17) is 4.98 Å². The standard InChI is InChI=1S/C21H15N9/c1-30-11-13(7-25-30)16-5-14-17(10-24-16)28-29-20(14)21-26-18-9-23-8-15(19(18)27-21)12-3-2-4-22-6-12/h2-11H,1H3,(H,26,27)(H,28,29). The minimum absolute atomic E-state index is 0.665. The third kappa shape index (κ3) is 2.56. The zero-order valence-corrected chi connectivity index (χ0v) is 15.9. The van der Waals surface area contributed by atoms with Crippen LogP contribution >= 0.6 is 0 Å². The summed E-state index contributed by atoms with van der Waals surface area (Å²) in [6.45, 7) is 0. The highest BCUT2D eigenvalue weighted by atomic mass is 15.2. The van der Waals surface area contributed by atoms with E-state index in [1.54, 1.807) is 41.9 Å². The van der Waals surface area contributed by atoms with Crippen LogP contribution in [0.3, 0.4) is 0 Å². The molecule has 0 aliphatic carbocycles. The molecule has 0 aliphatic heterocycles. The van der Waals surface area contributed by atoms with Gasteiger partial charge >= 0.3 is 0 Å². The highest BCUT2D eigenvalue weighted by Crippen LogP contribution is 2.31. The second kappa shape index (κ2) is 6.31. The van der Waals surface area contributed by atoms with Gasteiger partial charge in [0.1, 0.15) is 11.2 Å². The molecule has 0 saturated heterocycles. The molecule has 6 aromatic rings. The summed E-state index contributed by atoms with van der Waals surface area (Å²) in [6.07, 6.45) is 12.6. The number of hydrogen-bond donors (Lipinski definition) is 2. The fourth-order valence-electron chi connectivity index (χ4n) is 3.59. The number of aromatic nitrogens is 9. The van der Waals surface area contributed by atoms with E-state index in [9.17, 15) is 0 Å². The van der Waals surface area contributed by atoms with Gasteiger partial charge in [0.05, 0.1) is 35.3 Å². The molecule has 9 nitrogen and oxygen atoms in total. The van der Waals surface area contributed by atoms with Crippen molar-refractivity contribution in [2.24, 2.45) is 7.05 Å². The van der Waals surface area contributed by atoms with Gasteiger partial charge in [0.25, 0.3) is 0 Å². The average molecular weight is 393 g/mol. The van der Waals surface area contributed by atoms with Gasteiger partial charge in [-0.05, 0) is 12.1 Å². The number of nitrogens with one attached hydrogen (secondary N) is 2. The monoisotopic (exact) mass is 393 g/mol. The van der Waals surface area contributed by atoms with Crippen molar-refractivity contribution in [2.45, 2.75) is 0 Å². The molecule has 144 valence electrons. The minimum atomic E-state index is 0.665. The smallest absolute Gasteiger partial charge is 0.159 e. The van der Waals surface area contributed by atoms with E-state index in [0.29, 0.717) is 5.82 Å². The molecule has 0 aromatic carbocycles. The normalized spacial score (nSPS) is 11.5. The molecule has 0 fully saturated rings. The lowest BCUT2D eigenvalue weighted by Crippen LogP contribution is -1.85. The van der Waals surface area contributed by atoms with Crippen molar-refractivity contribution in [3.05, 3.63) is 61.6 Å². The van der Waals surface area contributed by atoms with Gasteiger partial charge in [0.2, 0.25) is 0 Å². The number of aryl methyl sites for hydroxylation is 1. The molecule has 0 aliphatic rings. The Labute approximate surface area is 169 Å². The number of pyridine rings is 3. The fraction of sp³-hybridized carbons (Fsp3) is 0.0476. The van der Waals surface area contributed by atoms with Crippen molar-refractivity contribution in [1.29, 1.82) is 0 Å². The van der Waals surface area contributed by atoms with Gasteiger partial charge in [-0.3, -0.25) is 24.7 Å². The largest absolute Gasteiger partial charge is 0.335 e. The molecule has 0 saturated carbocycles. The molecule has 30 heavy (non-hydrogen) atoms. The van der Waals surface area contributed by atoms with E-state index in [-0.39, 0.29) is 0 Å². The summed E-state index contributed by atoms with van der Waals surface area (Å²) < 4.78 is 1.75. The van der Waals surface area contributed by atoms with Gasteiger partial charge in [0.15, 0.2) is 5.82 Å². The fourth-order valence-corrected chi connectivity index (χ4v) is 3.59. The van der Waals surface area contributed by atoms with Crippen LogP contribution in [0.25, 0.3) is 55.8 Å². The maximum absolute atomic E-state index is 4.85. The van der Waals surface area contributed by atoms with Crippen LogP contribution < -0.4 is 0 Å². The number of nitrogens with zero attached hydrogens (tertiary/aromatic N) is 7. The Morgan fingerprint density at radius 1 is 0.967 bits per heavy atom. The first-order valence-electron chi connectivity index (χ1n) is 9.34. The molecule has 0 radical (unpaired) electrons. The van der Waals surface area contributed by atoms with Crippen molar-refractivity contribution < 1.29 is 0 Å². The van der Waals surface area contributed by atoms with Crippen molar-refractivity contribution in [2.75, 3.05) is 0 Å². The summed E-state index contributed by atoms with van der Waals surface area (Å²) in [5, 5.41) is 12.7. The lowest BCUT2D eigenvalue weighted by molar-refractivity contribution is 0.768. The second-order valence-electron chi connectivity index (χ2n) is 7.00. The van der Waals surface area contributed by atoms with Crippen LogP contribution in [0.4, 0.5) is 0 Å². The SMILES string of the molecule is Cn1cc(-c2cc3c(-c4nc5c(-c6cccnc6)cncc5[nH]4)n[nH]c3cn2)cn1. The maximum atomic E-state index is 4.85. The summed E-state index contributed by atoms with van der Waals surface area (Å²) in [5.74, 6) is 0.665. The van der Waals surface area contributed by atoms with Crippen LogP contribution in [0.2, 0.25) is 0 Å². The molecule has 0 amide bonds. The van der Waals surface area contributed by atoms with Gasteiger partial charge in [0, 0.05) is 53.9 Å². The molecule has 6 rings (SSSR count). The van der Waals surface area contributed by atoms with Gasteiger partial charge in [-0.2, -0.15) is 10.2 Å². The summed E-state index contributed by atoms with van der Waals surface area (Å²) in [5.41, 5.74) is 6.87. The van der Waals surface area contributed by atoms with Crippen LogP contribution in [0.5, 0.6) is 0 Å². The van der Waals surface area contributed by atoms with E-state index in [1.807, 2.05) is 31.4 Å². The number of H-pyrrole nitrogens is 2. The molecule has 2 N–H and O–H groups in total. The number of imidazole rings is 1. The molecule has 0 atom stereocenters. The van der Waals surface area contributed by atoms with Crippen molar-refractivity contribution in [3.63, 3.8) is 0 Å². The van der Waals surface area contributed by atoms with Crippen molar-refractivity contribution in [1.82, 2.24) is 44.9 Å². The Balaban J connectivity index is 1.52. The predicted octanol–water partition coefficient (Wildman–Crippen LogP) is 3.36. The van der Waals surface area contributed by atoms with Crippen molar-refractivity contribution >= 4 is 21.9 Å². The first-order valence-corrected chi connectivity index (χ1v) is 9.34. The molecule has 6 heterocycles. The number of aromatic amines is 2. The van der Waals surface area contributed by atoms with Crippen LogP contribution in [0.1, 0.15) is 0 Å². The zero-order chi connectivity index (χ0) is 20.1. The second-order valence-corrected chi connectivity index (χ2v) is 7.00. The average Bonchev–Trinajstić information content (AvgIpc) is 3.50. The van der Waals surface area contributed by atoms with Crippen LogP contribution in [0.15, 0.2) is 61.6 Å². The number of rotatable bonds is 3. The van der Waals surface area contributed by atoms with Gasteiger partial charge in [-0.25, -0.2) is 4.98 Å². The number of hydrogen-bond acceptors (Lipinski definition) is 6. The predicted molar refractivity (Wildman–Crippen MR) is 112 cm³/mol. The van der Waals surface area contributed by atoms with E-state index in [0.717, 1.165) is 50.0 Å². The summed E-state index contributed by atoms with van der Waals surface area (Å²) >= 11 is 0. The van der Waals surface area contributed by atoms with Crippen LogP contribution in [-0.2, 0) is 7.05 Å². The topological polar surface area (TPSA) is 114 Å². The van der Waals surface area contributed by atoms with Gasteiger partial charge in [-0.15, -0.1) is 0 Å². The lowest BCUT2D eigenvalue weighted by Gasteiger charge is -2.00. The highest BCUT2D eigenvalue weighted by molar-refractivity contribution is 5.97. The first-order chi connectivity index (χ1) is 14.8. The number of fused-ring (bicyclic) bond motifs is 2. The maximum Gasteiger partial charge on any atom is 0.159 e. The summed E-state index contributed by atoms with van der Waals surface area (Å²) in [6, 6.07) is 5.89. The molecule has 6 aromatic heterocycles. The quantitative estimate of drug-likeness (QED) is 0.477. The summed E-state index contributed by atoms with van der Waals surface area (Å²) in [7, 11) is 1.88. The Morgan fingerprint density at radius 3 is 2.77 bits per heavy atom. The molecule has 9 heteroatoms. The molecule has 0 spiro atoms. The Hall–Kier alpha value is -4.40. The van der Waals surface area contributed by atoms with E-state index in [2.05, 4.69) is 35.2 Å². The van der Waals surface area contributed by atoms with Gasteiger partial charge in [-0.1, -0.05) is 6.07 Å². The molecule has 0 unspecified atom stereocenters. The first kappa shape index (κ1) is 16.5. The van der Waals surface area contributed by atoms with Crippen molar-refractivity contribution in [3.8, 4) is 33.9 Å². The zero-order valence-electron chi connectivity index (χ0n) is 15.9. The summed E-state index contributed by atoms with van der Waals surface area (Å²) in [4.78, 5) is 21.3. The van der Waals surface area contributed by atoms with E-state index in [1.165, 1.54) is 0 Å². The van der Waals surface area contributed by atoms with E-state index >= 15 is 0 Å². The third-order valence-corrected chi connectivity index (χ3v) is 5.04. The molecular weight excluding hydrogens is 378 g/mol. The Bertz CT molecular complexity index is 1510. The molecular formula is C21H15N9. The highest BCUT2D eigenvalue weighted by Gasteiger charge is 2.16. The Morgan fingerprint density at radius 2 is 1.93 bits per heavy atom. The molecule has 0 bridgehead atoms. The Kier molecular flexibility index (Phi) is 3.48. The van der Waals surface area contributed by atoms with Crippen LogP contribution in [-0.4, -0.2) is 44.9 Å². The van der Waals surface area contributed by atoms with E-state index < -0.39 is 0 Å². The third-order valence-electron chi connectivity index (χ3n) is 5.04. The minimum Gasteiger partial charge on any atom is -0.335 e. The van der Waals surface area contributed by atoms with Crippen LogP contribution in [0, 0.1) is 0 Å². The van der Waals surface area contributed by atoms with Gasteiger partial charge < -0.3 is 4.98 Å². The lowest BCUT2D eigenvalue weighted by atomic mass is 10.1.